The maximum absolute atomic E-state index is 13.0. The third kappa shape index (κ3) is 2.71. The summed E-state index contributed by atoms with van der Waals surface area (Å²) in [5.74, 6) is 0.894. The highest BCUT2D eigenvalue weighted by Gasteiger charge is 2.24. The van der Waals surface area contributed by atoms with Crippen LogP contribution in [0.4, 0.5) is 0 Å². The molecular formula is C19H20N2O3. The fourth-order valence-electron chi connectivity index (χ4n) is 3.21. The molecule has 0 spiro atoms. The van der Waals surface area contributed by atoms with Gasteiger partial charge in [0.25, 0.3) is 5.91 Å². The molecule has 0 bridgehead atoms. The van der Waals surface area contributed by atoms with Crippen LogP contribution >= 0.6 is 0 Å². The fraction of sp³-hybridized carbons (Fsp3) is 0.316. The minimum Gasteiger partial charge on any atom is -0.460 e. The number of aryl methyl sites for hydroxylation is 1. The summed E-state index contributed by atoms with van der Waals surface area (Å²) in [5, 5.41) is 0. The van der Waals surface area contributed by atoms with E-state index in [9.17, 15) is 4.79 Å². The Kier molecular flexibility index (Phi) is 3.86. The van der Waals surface area contributed by atoms with E-state index in [2.05, 4.69) is 16.7 Å². The number of hydrogen-bond donors (Lipinski definition) is 0. The maximum Gasteiger partial charge on any atom is 0.270 e. The first-order valence-corrected chi connectivity index (χ1v) is 8.23. The third-order valence-corrected chi connectivity index (χ3v) is 4.41. The van der Waals surface area contributed by atoms with Gasteiger partial charge >= 0.3 is 0 Å². The number of carbonyl (C=O) groups excluding carboxylic acids is 1. The van der Waals surface area contributed by atoms with Crippen LogP contribution in [0.5, 0.6) is 0 Å². The summed E-state index contributed by atoms with van der Waals surface area (Å²) in [5.41, 5.74) is 3.56. The van der Waals surface area contributed by atoms with Gasteiger partial charge in [0.05, 0.1) is 18.7 Å². The van der Waals surface area contributed by atoms with Gasteiger partial charge in [0.15, 0.2) is 5.58 Å². The van der Waals surface area contributed by atoms with Gasteiger partial charge in [-0.25, -0.2) is 0 Å². The molecule has 0 unspecified atom stereocenters. The molecular weight excluding hydrogens is 304 g/mol. The summed E-state index contributed by atoms with van der Waals surface area (Å²) >= 11 is 0. The van der Waals surface area contributed by atoms with Crippen LogP contribution in [0.15, 0.2) is 46.9 Å². The standard InChI is InChI=1S/C19H20N2O3/c1-14-11-16-18(24-14)12-17(19(22)20-7-9-23-10-8-20)21(16)13-15-5-3-2-4-6-15/h2-6,11-12H,7-10,13H2,1H3. The number of fused-ring (bicyclic) bond motifs is 1. The molecule has 0 atom stereocenters. The number of carbonyl (C=O) groups is 1. The molecule has 3 heterocycles. The molecule has 2 aromatic heterocycles. The van der Waals surface area contributed by atoms with Crippen LogP contribution in [0.2, 0.25) is 0 Å². The topological polar surface area (TPSA) is 47.6 Å². The SMILES string of the molecule is Cc1cc2c(cc(C(=O)N3CCOCC3)n2Cc2ccccc2)o1. The predicted octanol–water partition coefficient (Wildman–Crippen LogP) is 3.06. The Bertz CT molecular complexity index is 858. The second kappa shape index (κ2) is 6.17. The molecule has 0 aliphatic carbocycles. The quantitative estimate of drug-likeness (QED) is 0.744. The van der Waals surface area contributed by atoms with Gasteiger partial charge in [-0.1, -0.05) is 30.3 Å². The molecule has 1 aromatic carbocycles. The maximum atomic E-state index is 13.0. The van der Waals surface area contributed by atoms with E-state index < -0.39 is 0 Å². The zero-order valence-electron chi connectivity index (χ0n) is 13.7. The van der Waals surface area contributed by atoms with Crippen molar-refractivity contribution in [1.82, 2.24) is 9.47 Å². The van der Waals surface area contributed by atoms with Gasteiger partial charge in [-0.05, 0) is 12.5 Å². The van der Waals surface area contributed by atoms with Crippen LogP contribution in [0.25, 0.3) is 11.1 Å². The number of amides is 1. The summed E-state index contributed by atoms with van der Waals surface area (Å²) in [6.07, 6.45) is 0. The van der Waals surface area contributed by atoms with Crippen LogP contribution in [0.1, 0.15) is 21.8 Å². The Morgan fingerprint density at radius 2 is 1.88 bits per heavy atom. The molecule has 0 N–H and O–H groups in total. The second-order valence-corrected chi connectivity index (χ2v) is 6.11. The van der Waals surface area contributed by atoms with E-state index in [0.29, 0.717) is 38.5 Å². The Morgan fingerprint density at radius 1 is 1.12 bits per heavy atom. The summed E-state index contributed by atoms with van der Waals surface area (Å²) in [4.78, 5) is 14.8. The lowest BCUT2D eigenvalue weighted by atomic mass is 10.2. The summed E-state index contributed by atoms with van der Waals surface area (Å²) in [7, 11) is 0. The van der Waals surface area contributed by atoms with Crippen molar-refractivity contribution < 1.29 is 13.9 Å². The number of ether oxygens (including phenoxy) is 1. The molecule has 3 aromatic rings. The number of rotatable bonds is 3. The van der Waals surface area contributed by atoms with Gasteiger partial charge in [0.1, 0.15) is 11.5 Å². The molecule has 0 radical (unpaired) electrons. The fourth-order valence-corrected chi connectivity index (χ4v) is 3.21. The van der Waals surface area contributed by atoms with Crippen molar-refractivity contribution in [3.63, 3.8) is 0 Å². The zero-order valence-corrected chi connectivity index (χ0v) is 13.7. The van der Waals surface area contributed by atoms with E-state index in [1.54, 1.807) is 0 Å². The van der Waals surface area contributed by atoms with Crippen molar-refractivity contribution in [2.24, 2.45) is 0 Å². The summed E-state index contributed by atoms with van der Waals surface area (Å²) in [6.45, 7) is 5.04. The van der Waals surface area contributed by atoms with Crippen LogP contribution in [-0.2, 0) is 11.3 Å². The van der Waals surface area contributed by atoms with E-state index in [4.69, 9.17) is 9.15 Å². The molecule has 4 rings (SSSR count). The summed E-state index contributed by atoms with van der Waals surface area (Å²) < 4.78 is 13.2. The zero-order chi connectivity index (χ0) is 16.5. The molecule has 5 nitrogen and oxygen atoms in total. The van der Waals surface area contributed by atoms with Gasteiger partial charge < -0.3 is 18.6 Å². The predicted molar refractivity (Wildman–Crippen MR) is 91.2 cm³/mol. The number of nitrogens with zero attached hydrogens (tertiary/aromatic N) is 2. The average molecular weight is 324 g/mol. The minimum atomic E-state index is 0.0401. The Hall–Kier alpha value is -2.53. The molecule has 1 amide bonds. The number of hydrogen-bond acceptors (Lipinski definition) is 3. The Labute approximate surface area is 140 Å². The monoisotopic (exact) mass is 324 g/mol. The van der Waals surface area contributed by atoms with Crippen molar-refractivity contribution >= 4 is 17.0 Å². The molecule has 0 saturated carbocycles. The lowest BCUT2D eigenvalue weighted by Gasteiger charge is -2.27. The van der Waals surface area contributed by atoms with E-state index >= 15 is 0 Å². The number of benzene rings is 1. The molecule has 1 fully saturated rings. The molecule has 24 heavy (non-hydrogen) atoms. The first kappa shape index (κ1) is 15.0. The van der Waals surface area contributed by atoms with E-state index in [-0.39, 0.29) is 5.91 Å². The van der Waals surface area contributed by atoms with Gasteiger partial charge in [-0.3, -0.25) is 4.79 Å². The lowest BCUT2D eigenvalue weighted by Crippen LogP contribution is -2.41. The van der Waals surface area contributed by atoms with E-state index in [1.807, 2.05) is 42.2 Å². The minimum absolute atomic E-state index is 0.0401. The molecule has 1 aliphatic rings. The van der Waals surface area contributed by atoms with Gasteiger partial charge in [-0.2, -0.15) is 0 Å². The van der Waals surface area contributed by atoms with Crippen molar-refractivity contribution in [1.29, 1.82) is 0 Å². The van der Waals surface area contributed by atoms with Gasteiger partial charge in [-0.15, -0.1) is 0 Å². The van der Waals surface area contributed by atoms with E-state index in [1.165, 1.54) is 0 Å². The second-order valence-electron chi connectivity index (χ2n) is 6.11. The highest BCUT2D eigenvalue weighted by atomic mass is 16.5. The van der Waals surface area contributed by atoms with Crippen molar-refractivity contribution in [3.05, 3.63) is 59.5 Å². The van der Waals surface area contributed by atoms with Crippen molar-refractivity contribution in [3.8, 4) is 0 Å². The van der Waals surface area contributed by atoms with Crippen LogP contribution in [-0.4, -0.2) is 41.7 Å². The van der Waals surface area contributed by atoms with Crippen LogP contribution in [0, 0.1) is 6.92 Å². The Balaban J connectivity index is 1.75. The highest BCUT2D eigenvalue weighted by Crippen LogP contribution is 2.26. The van der Waals surface area contributed by atoms with Crippen molar-refractivity contribution in [2.45, 2.75) is 13.5 Å². The van der Waals surface area contributed by atoms with Crippen molar-refractivity contribution in [2.75, 3.05) is 26.3 Å². The highest BCUT2D eigenvalue weighted by molar-refractivity contribution is 5.97. The van der Waals surface area contributed by atoms with Gasteiger partial charge in [0, 0.05) is 31.8 Å². The largest absolute Gasteiger partial charge is 0.460 e. The third-order valence-electron chi connectivity index (χ3n) is 4.41. The lowest BCUT2D eigenvalue weighted by molar-refractivity contribution is 0.0296. The number of aromatic nitrogens is 1. The molecule has 124 valence electrons. The van der Waals surface area contributed by atoms with E-state index in [0.717, 1.165) is 22.4 Å². The Morgan fingerprint density at radius 3 is 2.62 bits per heavy atom. The first-order valence-electron chi connectivity index (χ1n) is 8.23. The van der Waals surface area contributed by atoms with Crippen LogP contribution in [0.3, 0.4) is 0 Å². The van der Waals surface area contributed by atoms with Crippen LogP contribution < -0.4 is 0 Å². The number of morpholine rings is 1. The molecule has 1 aliphatic heterocycles. The first-order chi connectivity index (χ1) is 11.7. The summed E-state index contributed by atoms with van der Waals surface area (Å²) in [6, 6.07) is 14.0. The smallest absolute Gasteiger partial charge is 0.270 e. The molecule has 1 saturated heterocycles. The van der Waals surface area contributed by atoms with Gasteiger partial charge in [0.2, 0.25) is 0 Å². The number of furan rings is 1. The average Bonchev–Trinajstić information content (AvgIpc) is 3.13. The normalized spacial score (nSPS) is 15.1. The molecule has 5 heteroatoms.